The molecule has 1 heterocycles. The van der Waals surface area contributed by atoms with Gasteiger partial charge in [-0.25, -0.2) is 4.39 Å². The van der Waals surface area contributed by atoms with Crippen molar-refractivity contribution in [1.29, 1.82) is 0 Å². The molecule has 0 unspecified atom stereocenters. The maximum Gasteiger partial charge on any atom is 0.169 e. The molecule has 0 amide bonds. The molecule has 4 nitrogen and oxygen atoms in total. The number of halogens is 2. The van der Waals surface area contributed by atoms with Crippen LogP contribution in [0.4, 0.5) is 10.1 Å². The zero-order chi connectivity index (χ0) is 23.0. The number of methoxy groups -OCH3 is 1. The molecule has 4 rings (SSSR count). The van der Waals surface area contributed by atoms with Crippen molar-refractivity contribution in [1.82, 2.24) is 9.47 Å². The Morgan fingerprint density at radius 3 is 2.59 bits per heavy atom. The molecule has 0 aliphatic heterocycles. The summed E-state index contributed by atoms with van der Waals surface area (Å²) in [6.45, 7) is 0. The van der Waals surface area contributed by atoms with Gasteiger partial charge in [0.15, 0.2) is 5.78 Å². The number of ether oxygens (including phenoxy) is 1. The second-order valence-corrected chi connectivity index (χ2v) is 9.11. The molecular weight excluding hydrogens is 427 g/mol. The maximum absolute atomic E-state index is 13.5. The zero-order valence-electron chi connectivity index (χ0n) is 18.5. The predicted molar refractivity (Wildman–Crippen MR) is 129 cm³/mol. The lowest BCUT2D eigenvalue weighted by Gasteiger charge is -2.24. The van der Waals surface area contributed by atoms with Crippen molar-refractivity contribution in [2.75, 3.05) is 28.3 Å². The van der Waals surface area contributed by atoms with E-state index in [4.69, 9.17) is 16.3 Å². The third-order valence-electron chi connectivity index (χ3n) is 5.60. The summed E-state index contributed by atoms with van der Waals surface area (Å²) < 4.78 is 19.7. The first-order valence-electron chi connectivity index (χ1n) is 10.3. The van der Waals surface area contributed by atoms with E-state index < -0.39 is 0 Å². The van der Waals surface area contributed by atoms with Crippen LogP contribution in [0.15, 0.2) is 60.8 Å². The van der Waals surface area contributed by atoms with Crippen molar-refractivity contribution < 1.29 is 13.9 Å². The highest BCUT2D eigenvalue weighted by atomic mass is 35.5. The van der Waals surface area contributed by atoms with Crippen molar-refractivity contribution in [2.24, 2.45) is 0 Å². The highest BCUT2D eigenvalue weighted by Gasteiger charge is 2.19. The molecule has 0 aliphatic rings. The van der Waals surface area contributed by atoms with Crippen molar-refractivity contribution >= 4 is 34.0 Å². The van der Waals surface area contributed by atoms with Crippen LogP contribution in [0.5, 0.6) is 5.75 Å². The molecule has 0 spiro atoms. The molecular formula is C26H25ClFN2O2+. The van der Waals surface area contributed by atoms with E-state index in [0.717, 1.165) is 22.4 Å². The topological polar surface area (TPSA) is 42.1 Å². The maximum atomic E-state index is 13.5. The van der Waals surface area contributed by atoms with Crippen LogP contribution in [0.1, 0.15) is 15.9 Å². The first kappa shape index (κ1) is 22.1. The van der Waals surface area contributed by atoms with Gasteiger partial charge in [-0.2, -0.15) is 0 Å². The molecule has 164 valence electrons. The summed E-state index contributed by atoms with van der Waals surface area (Å²) in [5.74, 6) is 0.119. The van der Waals surface area contributed by atoms with E-state index in [-0.39, 0.29) is 18.0 Å². The van der Waals surface area contributed by atoms with Gasteiger partial charge in [0.2, 0.25) is 0 Å². The van der Waals surface area contributed by atoms with E-state index in [9.17, 15) is 9.18 Å². The zero-order valence-corrected chi connectivity index (χ0v) is 19.3. The van der Waals surface area contributed by atoms with Crippen LogP contribution >= 0.6 is 11.6 Å². The number of aromatic amines is 1. The van der Waals surface area contributed by atoms with Gasteiger partial charge >= 0.3 is 0 Å². The summed E-state index contributed by atoms with van der Waals surface area (Å²) in [6, 6.07) is 16.2. The van der Waals surface area contributed by atoms with Gasteiger partial charge in [-0.1, -0.05) is 23.7 Å². The van der Waals surface area contributed by atoms with Crippen molar-refractivity contribution in [3.05, 3.63) is 82.8 Å². The average molecular weight is 452 g/mol. The minimum atomic E-state index is -0.349. The Morgan fingerprint density at radius 2 is 1.88 bits per heavy atom. The van der Waals surface area contributed by atoms with Crippen LogP contribution in [0.25, 0.3) is 22.0 Å². The van der Waals surface area contributed by atoms with Gasteiger partial charge in [0.25, 0.3) is 0 Å². The van der Waals surface area contributed by atoms with E-state index in [0.29, 0.717) is 31.7 Å². The quantitative estimate of drug-likeness (QED) is 0.278. The van der Waals surface area contributed by atoms with E-state index in [1.807, 2.05) is 18.2 Å². The Balaban J connectivity index is 1.73. The van der Waals surface area contributed by atoms with Gasteiger partial charge in [-0.15, -0.1) is 0 Å². The van der Waals surface area contributed by atoms with Crippen LogP contribution < -0.4 is 9.22 Å². The highest BCUT2D eigenvalue weighted by molar-refractivity contribution is 6.33. The number of rotatable bonds is 6. The van der Waals surface area contributed by atoms with Crippen molar-refractivity contribution in [2.45, 2.75) is 6.42 Å². The van der Waals surface area contributed by atoms with Crippen LogP contribution in [0.3, 0.4) is 0 Å². The second kappa shape index (κ2) is 8.41. The molecule has 32 heavy (non-hydrogen) atoms. The lowest BCUT2D eigenvalue weighted by Crippen LogP contribution is -2.34. The number of hydrogen-bond donors (Lipinski definition) is 1. The molecule has 0 radical (unpaired) electrons. The van der Waals surface area contributed by atoms with Gasteiger partial charge in [0.1, 0.15) is 17.3 Å². The summed E-state index contributed by atoms with van der Waals surface area (Å²) in [7, 11) is 7.87. The second-order valence-electron chi connectivity index (χ2n) is 8.70. The molecule has 1 N–H and O–H groups in total. The summed E-state index contributed by atoms with van der Waals surface area (Å²) in [5, 5.41) is 1.25. The van der Waals surface area contributed by atoms with Gasteiger partial charge in [-0.3, -0.25) is 9.28 Å². The van der Waals surface area contributed by atoms with Crippen LogP contribution in [-0.2, 0) is 6.42 Å². The third-order valence-corrected chi connectivity index (χ3v) is 5.91. The van der Waals surface area contributed by atoms with E-state index in [1.165, 1.54) is 12.1 Å². The standard InChI is InChI=1S/C26H24ClFN2O2/c1-30(2,3)19-7-5-6-16(10-19)21-11-17(26(32-4)14-23(21)27)12-25(31)22-15-29-24-13-18(28)8-9-20(22)24/h5-11,13-15H,12H2,1-4H3/p+1. The fraction of sp³-hybridized carbons (Fsp3) is 0.192. The van der Waals surface area contributed by atoms with Crippen molar-refractivity contribution in [3.63, 3.8) is 0 Å². The molecule has 4 aromatic rings. The van der Waals surface area contributed by atoms with E-state index in [1.54, 1.807) is 25.4 Å². The number of H-pyrrole nitrogens is 1. The lowest BCUT2D eigenvalue weighted by molar-refractivity contribution is 0.0993. The van der Waals surface area contributed by atoms with Crippen LogP contribution in [0, 0.1) is 5.82 Å². The smallest absolute Gasteiger partial charge is 0.169 e. The first-order valence-corrected chi connectivity index (χ1v) is 10.6. The predicted octanol–water partition coefficient (Wildman–Crippen LogP) is 6.26. The minimum Gasteiger partial charge on any atom is -0.496 e. The summed E-state index contributed by atoms with van der Waals surface area (Å²) in [4.78, 5) is 16.1. The molecule has 0 bridgehead atoms. The first-order chi connectivity index (χ1) is 15.2. The molecule has 1 aromatic heterocycles. The molecule has 6 heteroatoms. The third kappa shape index (κ3) is 4.27. The number of carbonyl (C=O) groups is 1. The Labute approximate surface area is 191 Å². The van der Waals surface area contributed by atoms with Gasteiger partial charge in [0, 0.05) is 46.3 Å². The van der Waals surface area contributed by atoms with E-state index in [2.05, 4.69) is 38.3 Å². The molecule has 0 fully saturated rings. The Hall–Kier alpha value is -3.15. The Kier molecular flexibility index (Phi) is 5.80. The molecule has 0 atom stereocenters. The number of benzene rings is 3. The lowest BCUT2D eigenvalue weighted by atomic mass is 9.97. The Morgan fingerprint density at radius 1 is 1.09 bits per heavy atom. The summed E-state index contributed by atoms with van der Waals surface area (Å²) in [6.07, 6.45) is 1.76. The molecule has 0 saturated heterocycles. The van der Waals surface area contributed by atoms with Crippen LogP contribution in [-0.4, -0.2) is 39.0 Å². The van der Waals surface area contributed by atoms with Gasteiger partial charge in [0.05, 0.1) is 33.3 Å². The normalized spacial score (nSPS) is 11.7. The number of nitrogens with one attached hydrogen (secondary N) is 1. The number of aromatic nitrogens is 1. The molecule has 0 saturated carbocycles. The fourth-order valence-corrected chi connectivity index (χ4v) is 4.10. The van der Waals surface area contributed by atoms with Crippen molar-refractivity contribution in [3.8, 4) is 16.9 Å². The Bertz CT molecular complexity index is 1320. The number of Topliss-reactive ketones (excluding diaryl/α,β-unsaturated/α-hetero) is 1. The van der Waals surface area contributed by atoms with E-state index >= 15 is 0 Å². The molecule has 0 aliphatic carbocycles. The fourth-order valence-electron chi connectivity index (χ4n) is 3.84. The highest BCUT2D eigenvalue weighted by Crippen LogP contribution is 2.36. The SMILES string of the molecule is COc1cc(Cl)c(-c2cccc([N+](C)(C)C)c2)cc1CC(=O)c1c[nH]c2cc(F)ccc12. The van der Waals surface area contributed by atoms with Gasteiger partial charge < -0.3 is 9.72 Å². The minimum absolute atomic E-state index is 0.0884. The number of nitrogens with zero attached hydrogens (tertiary/aromatic N) is 1. The van der Waals surface area contributed by atoms with Crippen LogP contribution in [0.2, 0.25) is 5.02 Å². The largest absolute Gasteiger partial charge is 0.496 e. The number of ketones is 1. The number of quaternary nitrogens is 1. The summed E-state index contributed by atoms with van der Waals surface area (Å²) in [5.41, 5.74) is 4.80. The number of hydrogen-bond acceptors (Lipinski definition) is 2. The summed E-state index contributed by atoms with van der Waals surface area (Å²) >= 11 is 6.60. The number of carbonyl (C=O) groups excluding carboxylic acids is 1. The number of fused-ring (bicyclic) bond motifs is 1. The monoisotopic (exact) mass is 451 g/mol. The average Bonchev–Trinajstić information content (AvgIpc) is 3.17. The van der Waals surface area contributed by atoms with Gasteiger partial charge in [-0.05, 0) is 42.0 Å². The molecule has 3 aromatic carbocycles.